The summed E-state index contributed by atoms with van der Waals surface area (Å²) >= 11 is 1.41. The number of carbonyl (C=O) groups excluding carboxylic acids is 3. The van der Waals surface area contributed by atoms with Crippen molar-refractivity contribution in [2.24, 2.45) is 0 Å². The Bertz CT molecular complexity index is 1500. The quantitative estimate of drug-likeness (QED) is 0.517. The average Bonchev–Trinajstić information content (AvgIpc) is 3.61. The van der Waals surface area contributed by atoms with Crippen LogP contribution in [0.2, 0.25) is 0 Å². The highest BCUT2D eigenvalue weighted by Gasteiger charge is 2.48. The van der Waals surface area contributed by atoms with Gasteiger partial charge in [-0.2, -0.15) is 0 Å². The van der Waals surface area contributed by atoms with Crippen LogP contribution in [0.4, 0.5) is 10.8 Å². The van der Waals surface area contributed by atoms with Crippen LogP contribution in [-0.2, 0) is 16.0 Å². The Labute approximate surface area is 223 Å². The smallest absolute Gasteiger partial charge is 0.329 e. The molecule has 2 amide bonds. The number of aromatic nitrogens is 1. The second-order valence-electron chi connectivity index (χ2n) is 10.8. The Kier molecular flexibility index (Phi) is 5.07. The average molecular weight is 531 g/mol. The van der Waals surface area contributed by atoms with Gasteiger partial charge in [-0.1, -0.05) is 29.5 Å². The molecule has 2 saturated heterocycles. The van der Waals surface area contributed by atoms with Crippen LogP contribution in [0.1, 0.15) is 46.0 Å². The zero-order valence-electron chi connectivity index (χ0n) is 21.0. The molecule has 0 unspecified atom stereocenters. The van der Waals surface area contributed by atoms with Crippen molar-refractivity contribution in [3.63, 3.8) is 0 Å². The molecule has 0 saturated carbocycles. The van der Waals surface area contributed by atoms with Gasteiger partial charge in [0.15, 0.2) is 5.13 Å². The fourth-order valence-corrected chi connectivity index (χ4v) is 6.74. The molecule has 0 aliphatic carbocycles. The summed E-state index contributed by atoms with van der Waals surface area (Å²) in [7, 11) is 0. The summed E-state index contributed by atoms with van der Waals surface area (Å²) in [5.41, 5.74) is 3.89. The first kappa shape index (κ1) is 23.2. The van der Waals surface area contributed by atoms with Crippen molar-refractivity contribution in [2.75, 3.05) is 24.6 Å². The third-order valence-electron chi connectivity index (χ3n) is 7.55. The minimum Gasteiger partial charge on any atom is -0.490 e. The molecule has 7 rings (SSSR count). The number of anilines is 2. The van der Waals surface area contributed by atoms with Crippen molar-refractivity contribution in [3.05, 3.63) is 58.6 Å². The van der Waals surface area contributed by atoms with Crippen molar-refractivity contribution in [3.8, 4) is 16.9 Å². The van der Waals surface area contributed by atoms with Gasteiger partial charge in [-0.3, -0.25) is 9.59 Å². The number of hydrogen-bond acceptors (Lipinski definition) is 8. The first-order valence-corrected chi connectivity index (χ1v) is 13.6. The fourth-order valence-electron chi connectivity index (χ4n) is 5.72. The normalized spacial score (nSPS) is 22.9. The van der Waals surface area contributed by atoms with Gasteiger partial charge in [0.2, 0.25) is 0 Å². The number of rotatable bonds is 3. The van der Waals surface area contributed by atoms with Crippen LogP contribution in [0.15, 0.2) is 42.5 Å². The lowest BCUT2D eigenvalue weighted by atomic mass is 9.94. The summed E-state index contributed by atoms with van der Waals surface area (Å²) in [6.45, 7) is 5.62. The third-order valence-corrected chi connectivity index (χ3v) is 8.67. The van der Waals surface area contributed by atoms with Crippen LogP contribution in [0.25, 0.3) is 11.1 Å². The molecule has 4 aliphatic rings. The van der Waals surface area contributed by atoms with E-state index < -0.39 is 6.04 Å². The summed E-state index contributed by atoms with van der Waals surface area (Å²) in [6, 6.07) is 13.0. The SMILES string of the molecule is CC1(C)Cc2nc(N3CCOc4ccc(-c5ccc(C(=O)N6C[C@H]7C[C@H]6C(=O)O7)cc5)cc43)sc2C(=O)N1. The highest BCUT2D eigenvalue weighted by Crippen LogP contribution is 2.42. The molecule has 5 heterocycles. The molecule has 3 aromatic rings. The number of hydrogen-bond donors (Lipinski definition) is 1. The predicted octanol–water partition coefficient (Wildman–Crippen LogP) is 3.55. The van der Waals surface area contributed by atoms with Gasteiger partial charge in [0.25, 0.3) is 11.8 Å². The van der Waals surface area contributed by atoms with Crippen LogP contribution >= 0.6 is 11.3 Å². The van der Waals surface area contributed by atoms with E-state index in [0.717, 1.165) is 33.4 Å². The second-order valence-corrected chi connectivity index (χ2v) is 11.8. The molecular weight excluding hydrogens is 504 g/mol. The molecule has 194 valence electrons. The van der Waals surface area contributed by atoms with Crippen molar-refractivity contribution in [1.29, 1.82) is 0 Å². The second kappa shape index (κ2) is 8.29. The Morgan fingerprint density at radius 2 is 1.92 bits per heavy atom. The van der Waals surface area contributed by atoms with Crippen LogP contribution in [-0.4, -0.2) is 65.0 Å². The van der Waals surface area contributed by atoms with E-state index in [1.165, 1.54) is 11.3 Å². The van der Waals surface area contributed by atoms with Gasteiger partial charge in [0.1, 0.15) is 29.4 Å². The van der Waals surface area contributed by atoms with Gasteiger partial charge < -0.3 is 24.6 Å². The fraction of sp³-hybridized carbons (Fsp3) is 0.357. The van der Waals surface area contributed by atoms with E-state index in [1.807, 2.05) is 38.1 Å². The molecule has 38 heavy (non-hydrogen) atoms. The van der Waals surface area contributed by atoms with E-state index in [0.29, 0.717) is 43.0 Å². The summed E-state index contributed by atoms with van der Waals surface area (Å²) in [5, 5.41) is 3.84. The minimum atomic E-state index is -0.465. The molecule has 0 radical (unpaired) electrons. The van der Waals surface area contributed by atoms with Crippen molar-refractivity contribution in [2.45, 2.75) is 44.4 Å². The molecule has 2 aromatic carbocycles. The number of morpholine rings is 1. The van der Waals surface area contributed by atoms with E-state index in [1.54, 1.807) is 17.0 Å². The van der Waals surface area contributed by atoms with Gasteiger partial charge in [0, 0.05) is 23.9 Å². The number of carbonyl (C=O) groups is 3. The third kappa shape index (κ3) is 3.74. The van der Waals surface area contributed by atoms with E-state index in [-0.39, 0.29) is 29.4 Å². The highest BCUT2D eigenvalue weighted by atomic mass is 32.1. The highest BCUT2D eigenvalue weighted by molar-refractivity contribution is 7.17. The Hall–Kier alpha value is -3.92. The number of ether oxygens (including phenoxy) is 2. The number of likely N-dealkylation sites (tertiary alicyclic amines) is 1. The lowest BCUT2D eigenvalue weighted by Crippen LogP contribution is -2.48. The van der Waals surface area contributed by atoms with Crippen molar-refractivity contribution in [1.82, 2.24) is 15.2 Å². The van der Waals surface area contributed by atoms with Crippen LogP contribution in [0.5, 0.6) is 5.75 Å². The summed E-state index contributed by atoms with van der Waals surface area (Å²) in [4.78, 5) is 46.9. The zero-order valence-corrected chi connectivity index (χ0v) is 21.8. The molecule has 1 aromatic heterocycles. The Morgan fingerprint density at radius 1 is 1.13 bits per heavy atom. The molecular formula is C28H26N4O5S. The van der Waals surface area contributed by atoms with Crippen LogP contribution in [0, 0.1) is 0 Å². The minimum absolute atomic E-state index is 0.0736. The largest absolute Gasteiger partial charge is 0.490 e. The molecule has 2 atom stereocenters. The van der Waals surface area contributed by atoms with E-state index in [2.05, 4.69) is 16.3 Å². The summed E-state index contributed by atoms with van der Waals surface area (Å²) in [6.07, 6.45) is 1.09. The lowest BCUT2D eigenvalue weighted by Gasteiger charge is -2.30. The Balaban J connectivity index is 1.16. The lowest BCUT2D eigenvalue weighted by molar-refractivity contribution is -0.149. The summed E-state index contributed by atoms with van der Waals surface area (Å²) < 4.78 is 11.1. The number of benzene rings is 2. The topological polar surface area (TPSA) is 101 Å². The number of fused-ring (bicyclic) bond motifs is 4. The first-order chi connectivity index (χ1) is 18.3. The van der Waals surface area contributed by atoms with Gasteiger partial charge in [0.05, 0.1) is 24.5 Å². The van der Waals surface area contributed by atoms with Gasteiger partial charge in [-0.25, -0.2) is 9.78 Å². The first-order valence-electron chi connectivity index (χ1n) is 12.7. The van der Waals surface area contributed by atoms with Gasteiger partial charge in [-0.15, -0.1) is 0 Å². The molecule has 2 fully saturated rings. The maximum absolute atomic E-state index is 13.0. The van der Waals surface area contributed by atoms with Crippen LogP contribution < -0.4 is 15.0 Å². The zero-order chi connectivity index (χ0) is 26.2. The molecule has 4 aliphatic heterocycles. The van der Waals surface area contributed by atoms with Crippen molar-refractivity contribution < 1.29 is 23.9 Å². The van der Waals surface area contributed by atoms with Crippen LogP contribution in [0.3, 0.4) is 0 Å². The maximum Gasteiger partial charge on any atom is 0.329 e. The Morgan fingerprint density at radius 3 is 2.68 bits per heavy atom. The van der Waals surface area contributed by atoms with E-state index in [9.17, 15) is 14.4 Å². The van der Waals surface area contributed by atoms with Crippen molar-refractivity contribution >= 4 is 39.9 Å². The number of esters is 1. The number of nitrogens with zero attached hydrogens (tertiary/aromatic N) is 3. The molecule has 2 bridgehead atoms. The predicted molar refractivity (Wildman–Crippen MR) is 141 cm³/mol. The number of thiazole rings is 1. The molecule has 9 nitrogen and oxygen atoms in total. The summed E-state index contributed by atoms with van der Waals surface area (Å²) in [5.74, 6) is 0.236. The monoisotopic (exact) mass is 530 g/mol. The molecule has 0 spiro atoms. The standard InChI is InChI=1S/C28H26N4O5S/c1-28(2)13-19-23(24(33)30-28)38-27(29-19)31-9-10-36-22-8-7-17(11-20(22)31)15-3-5-16(6-4-15)25(34)32-14-18-12-21(32)26(35)37-18/h3-8,11,18,21H,9-10,12-14H2,1-2H3,(H,30,33)/t18-,21+/m1/s1. The number of nitrogens with one attached hydrogen (secondary N) is 1. The van der Waals surface area contributed by atoms with E-state index >= 15 is 0 Å². The molecule has 10 heteroatoms. The molecule has 1 N–H and O–H groups in total. The number of amides is 2. The van der Waals surface area contributed by atoms with Gasteiger partial charge >= 0.3 is 5.97 Å². The van der Waals surface area contributed by atoms with E-state index in [4.69, 9.17) is 14.5 Å². The maximum atomic E-state index is 13.0. The van der Waals surface area contributed by atoms with Gasteiger partial charge in [-0.05, 0) is 49.2 Å².